The van der Waals surface area contributed by atoms with Crippen LogP contribution < -0.4 is 0 Å². The highest BCUT2D eigenvalue weighted by Gasteiger charge is 2.30. The lowest BCUT2D eigenvalue weighted by molar-refractivity contribution is 0.319. The molecule has 2 aromatic heterocycles. The van der Waals surface area contributed by atoms with Crippen LogP contribution in [0.15, 0.2) is 40.0 Å². The number of aromatic nitrogens is 5. The molecule has 7 heteroatoms. The topological polar surface area (TPSA) is 69.6 Å². The Kier molecular flexibility index (Phi) is 4.11. The zero-order valence-electron chi connectivity index (χ0n) is 14.6. The summed E-state index contributed by atoms with van der Waals surface area (Å²) in [6.45, 7) is 6.17. The van der Waals surface area contributed by atoms with Crippen LogP contribution in [-0.2, 0) is 11.2 Å². The van der Waals surface area contributed by atoms with Gasteiger partial charge >= 0.3 is 0 Å². The highest BCUT2D eigenvalue weighted by molar-refractivity contribution is 7.98. The van der Waals surface area contributed by atoms with Crippen molar-refractivity contribution < 1.29 is 4.52 Å². The summed E-state index contributed by atoms with van der Waals surface area (Å²) in [5.41, 5.74) is 0.917. The molecule has 0 amide bonds. The molecule has 0 radical (unpaired) electrons. The molecule has 0 aliphatic heterocycles. The third-order valence-corrected chi connectivity index (χ3v) is 4.83. The summed E-state index contributed by atoms with van der Waals surface area (Å²) in [5.74, 6) is 3.52. The molecule has 0 atom stereocenters. The molecule has 0 spiro atoms. The van der Waals surface area contributed by atoms with Gasteiger partial charge in [-0.2, -0.15) is 4.98 Å². The van der Waals surface area contributed by atoms with E-state index in [4.69, 9.17) is 14.6 Å². The van der Waals surface area contributed by atoms with Crippen LogP contribution in [0, 0.1) is 0 Å². The molecular weight excluding hydrogens is 334 g/mol. The van der Waals surface area contributed by atoms with Gasteiger partial charge in [0.2, 0.25) is 11.0 Å². The van der Waals surface area contributed by atoms with Gasteiger partial charge in [-0.1, -0.05) is 55.9 Å². The predicted molar refractivity (Wildman–Crippen MR) is 95.9 cm³/mol. The van der Waals surface area contributed by atoms with Gasteiger partial charge in [-0.05, 0) is 25.0 Å². The van der Waals surface area contributed by atoms with Crippen molar-refractivity contribution in [2.24, 2.45) is 0 Å². The predicted octanol–water partition coefficient (Wildman–Crippen LogP) is 4.12. The maximum atomic E-state index is 5.34. The van der Waals surface area contributed by atoms with Crippen molar-refractivity contribution in [1.29, 1.82) is 0 Å². The Labute approximate surface area is 151 Å². The second kappa shape index (κ2) is 6.29. The minimum Gasteiger partial charge on any atom is -0.339 e. The molecule has 1 aliphatic rings. The first kappa shape index (κ1) is 16.3. The lowest BCUT2D eigenvalue weighted by Crippen LogP contribution is -2.11. The van der Waals surface area contributed by atoms with Crippen LogP contribution in [0.5, 0.6) is 0 Å². The third kappa shape index (κ3) is 3.61. The maximum absolute atomic E-state index is 5.34. The Morgan fingerprint density at radius 3 is 2.56 bits per heavy atom. The molecule has 6 nitrogen and oxygen atoms in total. The Morgan fingerprint density at radius 2 is 1.92 bits per heavy atom. The fourth-order valence-corrected chi connectivity index (χ4v) is 3.15. The average molecular weight is 355 g/mol. The van der Waals surface area contributed by atoms with Crippen LogP contribution >= 0.6 is 11.8 Å². The number of hydrogen-bond acceptors (Lipinski definition) is 6. The molecule has 0 saturated heterocycles. The molecule has 1 aromatic carbocycles. The summed E-state index contributed by atoms with van der Waals surface area (Å²) in [7, 11) is 0. The molecule has 130 valence electrons. The van der Waals surface area contributed by atoms with Crippen LogP contribution in [-0.4, -0.2) is 24.9 Å². The van der Waals surface area contributed by atoms with E-state index in [0.29, 0.717) is 23.4 Å². The van der Waals surface area contributed by atoms with E-state index in [2.05, 4.69) is 43.0 Å². The van der Waals surface area contributed by atoms with E-state index in [1.807, 2.05) is 22.9 Å². The van der Waals surface area contributed by atoms with Crippen molar-refractivity contribution in [1.82, 2.24) is 24.9 Å². The normalized spacial score (nSPS) is 14.8. The van der Waals surface area contributed by atoms with Gasteiger partial charge in [-0.15, -0.1) is 5.10 Å². The molecule has 4 rings (SSSR count). The first-order chi connectivity index (χ1) is 12.0. The van der Waals surface area contributed by atoms with Gasteiger partial charge in [-0.25, -0.2) is 9.67 Å². The standard InChI is InChI=1S/C18H21N5OS/c1-18(2,3)16-19-14(22-24-16)11-25-17-20-15(12-9-10-12)23(21-17)13-7-5-4-6-8-13/h4-8,12H,9-11H2,1-3H3. The first-order valence-corrected chi connectivity index (χ1v) is 9.47. The largest absolute Gasteiger partial charge is 0.339 e. The highest BCUT2D eigenvalue weighted by atomic mass is 32.2. The summed E-state index contributed by atoms with van der Waals surface area (Å²) in [5, 5.41) is 9.52. The molecular formula is C18H21N5OS. The third-order valence-electron chi connectivity index (χ3n) is 4.00. The Bertz CT molecular complexity index is 861. The minimum absolute atomic E-state index is 0.137. The summed E-state index contributed by atoms with van der Waals surface area (Å²) in [6, 6.07) is 10.2. The van der Waals surface area contributed by atoms with E-state index in [-0.39, 0.29) is 5.41 Å². The summed E-state index contributed by atoms with van der Waals surface area (Å²) < 4.78 is 7.31. The number of para-hydroxylation sites is 1. The van der Waals surface area contributed by atoms with Gasteiger partial charge in [-0.3, -0.25) is 0 Å². The van der Waals surface area contributed by atoms with Crippen molar-refractivity contribution in [2.45, 2.75) is 55.9 Å². The van der Waals surface area contributed by atoms with Crippen LogP contribution in [0.2, 0.25) is 0 Å². The van der Waals surface area contributed by atoms with Gasteiger partial charge in [0.1, 0.15) is 5.82 Å². The Morgan fingerprint density at radius 1 is 1.16 bits per heavy atom. The molecule has 2 heterocycles. The lowest BCUT2D eigenvalue weighted by Gasteiger charge is -2.10. The van der Waals surface area contributed by atoms with Gasteiger partial charge in [0, 0.05) is 11.3 Å². The summed E-state index contributed by atoms with van der Waals surface area (Å²) in [6.07, 6.45) is 2.38. The fraction of sp³-hybridized carbons (Fsp3) is 0.444. The number of thioether (sulfide) groups is 1. The lowest BCUT2D eigenvalue weighted by atomic mass is 9.97. The van der Waals surface area contributed by atoms with Crippen LogP contribution in [0.4, 0.5) is 0 Å². The summed E-state index contributed by atoms with van der Waals surface area (Å²) in [4.78, 5) is 9.22. The zero-order chi connectivity index (χ0) is 17.4. The number of benzene rings is 1. The molecule has 1 aliphatic carbocycles. The van der Waals surface area contributed by atoms with Crippen molar-refractivity contribution in [2.75, 3.05) is 0 Å². The molecule has 1 fully saturated rings. The molecule has 3 aromatic rings. The van der Waals surface area contributed by atoms with Crippen LogP contribution in [0.3, 0.4) is 0 Å². The number of nitrogens with zero attached hydrogens (tertiary/aromatic N) is 5. The highest BCUT2D eigenvalue weighted by Crippen LogP contribution is 2.40. The van der Waals surface area contributed by atoms with E-state index in [9.17, 15) is 0 Å². The van der Waals surface area contributed by atoms with E-state index >= 15 is 0 Å². The first-order valence-electron chi connectivity index (χ1n) is 8.49. The summed E-state index contributed by atoms with van der Waals surface area (Å²) >= 11 is 1.54. The van der Waals surface area contributed by atoms with E-state index in [1.54, 1.807) is 11.8 Å². The molecule has 1 saturated carbocycles. The van der Waals surface area contributed by atoms with Crippen molar-refractivity contribution in [3.63, 3.8) is 0 Å². The van der Waals surface area contributed by atoms with Gasteiger partial charge in [0.15, 0.2) is 5.82 Å². The fourth-order valence-electron chi connectivity index (χ4n) is 2.48. The second-order valence-corrected chi connectivity index (χ2v) is 8.27. The monoisotopic (exact) mass is 355 g/mol. The molecule has 0 unspecified atom stereocenters. The van der Waals surface area contributed by atoms with Crippen molar-refractivity contribution in [3.8, 4) is 5.69 Å². The molecule has 0 bridgehead atoms. The SMILES string of the molecule is CC(C)(C)c1nc(CSc2nc(C3CC3)n(-c3ccccc3)n2)no1. The average Bonchev–Trinajstić information content (AvgIpc) is 3.16. The molecule has 25 heavy (non-hydrogen) atoms. The minimum atomic E-state index is -0.137. The van der Waals surface area contributed by atoms with E-state index in [1.165, 1.54) is 12.8 Å². The van der Waals surface area contributed by atoms with Crippen molar-refractivity contribution in [3.05, 3.63) is 47.9 Å². The molecule has 0 N–H and O–H groups in total. The second-order valence-electron chi connectivity index (χ2n) is 7.33. The van der Waals surface area contributed by atoms with Crippen molar-refractivity contribution >= 4 is 11.8 Å². The van der Waals surface area contributed by atoms with E-state index < -0.39 is 0 Å². The van der Waals surface area contributed by atoms with Gasteiger partial charge in [0.05, 0.1) is 11.4 Å². The number of rotatable bonds is 5. The van der Waals surface area contributed by atoms with E-state index in [0.717, 1.165) is 16.7 Å². The van der Waals surface area contributed by atoms with Crippen LogP contribution in [0.25, 0.3) is 5.69 Å². The van der Waals surface area contributed by atoms with Gasteiger partial charge in [0.25, 0.3) is 0 Å². The zero-order valence-corrected chi connectivity index (χ0v) is 15.5. The smallest absolute Gasteiger partial charge is 0.232 e. The van der Waals surface area contributed by atoms with Crippen LogP contribution in [0.1, 0.15) is 57.1 Å². The Balaban J connectivity index is 1.52. The Hall–Kier alpha value is -2.15. The van der Waals surface area contributed by atoms with Gasteiger partial charge < -0.3 is 4.52 Å². The maximum Gasteiger partial charge on any atom is 0.232 e. The number of hydrogen-bond donors (Lipinski definition) is 0. The quantitative estimate of drug-likeness (QED) is 0.641.